The summed E-state index contributed by atoms with van der Waals surface area (Å²) < 4.78 is 0. The minimum Gasteiger partial charge on any atom is -0.480 e. The van der Waals surface area contributed by atoms with Crippen LogP contribution in [-0.4, -0.2) is 39.1 Å². The number of aromatic nitrogens is 2. The Morgan fingerprint density at radius 1 is 1.28 bits per heavy atom. The van der Waals surface area contributed by atoms with E-state index in [4.69, 9.17) is 10.5 Å². The van der Waals surface area contributed by atoms with Crippen LogP contribution in [0.4, 0.5) is 5.69 Å². The van der Waals surface area contributed by atoms with E-state index in [9.17, 15) is 9.59 Å². The van der Waals surface area contributed by atoms with Crippen LogP contribution in [0.5, 0.6) is 0 Å². The predicted octanol–water partition coefficient (Wildman–Crippen LogP) is 2.55. The highest BCUT2D eigenvalue weighted by Gasteiger charge is 2.17. The summed E-state index contributed by atoms with van der Waals surface area (Å²) in [7, 11) is 0. The van der Waals surface area contributed by atoms with Gasteiger partial charge in [-0.25, -0.2) is 9.97 Å². The first-order valence-corrected chi connectivity index (χ1v) is 7.48. The van der Waals surface area contributed by atoms with Gasteiger partial charge in [0.25, 0.3) is 0 Å². The van der Waals surface area contributed by atoms with Crippen LogP contribution in [0, 0.1) is 12.3 Å². The molecule has 0 radical (unpaired) electrons. The minimum atomic E-state index is -1.05. The van der Waals surface area contributed by atoms with Gasteiger partial charge < -0.3 is 10.4 Å². The molecule has 1 aromatic heterocycles. The third kappa shape index (κ3) is 4.14. The second kappa shape index (κ2) is 7.48. The Morgan fingerprint density at radius 3 is 2.44 bits per heavy atom. The van der Waals surface area contributed by atoms with Crippen molar-refractivity contribution in [2.75, 3.05) is 11.9 Å². The van der Waals surface area contributed by atoms with E-state index in [1.54, 1.807) is 37.5 Å². The van der Waals surface area contributed by atoms with E-state index in [-0.39, 0.29) is 12.3 Å². The lowest BCUT2D eigenvalue weighted by Gasteiger charge is -2.16. The summed E-state index contributed by atoms with van der Waals surface area (Å²) in [5.41, 5.74) is 2.48. The van der Waals surface area contributed by atoms with Crippen molar-refractivity contribution in [2.45, 2.75) is 13.8 Å². The molecule has 1 heterocycles. The highest BCUT2D eigenvalue weighted by atomic mass is 16.4. The van der Waals surface area contributed by atoms with Gasteiger partial charge in [-0.3, -0.25) is 15.0 Å². The molecule has 0 atom stereocenters. The summed E-state index contributed by atoms with van der Waals surface area (Å²) in [4.78, 5) is 30.9. The van der Waals surface area contributed by atoms with Crippen molar-refractivity contribution < 1.29 is 14.7 Å². The van der Waals surface area contributed by atoms with Crippen molar-refractivity contribution in [3.05, 3.63) is 48.1 Å². The number of ketones is 1. The molecule has 0 unspecified atom stereocenters. The standard InChI is InChI=1S/C18H18N4O3/c1-4-12-5-13(14-7-20-11(3)21-8-14)6-15(17(19)10(2)23)18(12)22-9-16(24)25/h4-8,19,22H,1,9H2,2-3H3,(H,24,25). The van der Waals surface area contributed by atoms with E-state index in [1.807, 2.05) is 0 Å². The summed E-state index contributed by atoms with van der Waals surface area (Å²) in [6.45, 7) is 6.46. The van der Waals surface area contributed by atoms with E-state index in [2.05, 4.69) is 21.9 Å². The van der Waals surface area contributed by atoms with Gasteiger partial charge in [0, 0.05) is 30.4 Å². The Balaban J connectivity index is 2.64. The summed E-state index contributed by atoms with van der Waals surface area (Å²) in [6, 6.07) is 3.43. The maximum absolute atomic E-state index is 11.7. The zero-order chi connectivity index (χ0) is 18.6. The van der Waals surface area contributed by atoms with Crippen molar-refractivity contribution in [1.82, 2.24) is 9.97 Å². The van der Waals surface area contributed by atoms with Crippen molar-refractivity contribution in [2.24, 2.45) is 0 Å². The number of Topliss-reactive ketones (excluding diaryl/α,β-unsaturated/α-hetero) is 1. The number of benzene rings is 1. The Labute approximate surface area is 145 Å². The van der Waals surface area contributed by atoms with E-state index in [0.29, 0.717) is 28.2 Å². The van der Waals surface area contributed by atoms with Crippen LogP contribution in [0.1, 0.15) is 23.9 Å². The Morgan fingerprint density at radius 2 is 1.92 bits per heavy atom. The average Bonchev–Trinajstić information content (AvgIpc) is 2.59. The molecule has 0 spiro atoms. The largest absolute Gasteiger partial charge is 0.480 e. The first-order chi connectivity index (χ1) is 11.8. The lowest BCUT2D eigenvalue weighted by Crippen LogP contribution is -2.18. The van der Waals surface area contributed by atoms with Crippen LogP contribution in [-0.2, 0) is 9.59 Å². The minimum absolute atomic E-state index is 0.217. The third-order valence-electron chi connectivity index (χ3n) is 3.54. The smallest absolute Gasteiger partial charge is 0.322 e. The van der Waals surface area contributed by atoms with Crippen LogP contribution in [0.25, 0.3) is 17.2 Å². The van der Waals surface area contributed by atoms with Gasteiger partial charge in [-0.05, 0) is 30.2 Å². The van der Waals surface area contributed by atoms with Crippen LogP contribution in [0.15, 0.2) is 31.1 Å². The summed E-state index contributed by atoms with van der Waals surface area (Å²) >= 11 is 0. The summed E-state index contributed by atoms with van der Waals surface area (Å²) in [6.07, 6.45) is 4.84. The van der Waals surface area contributed by atoms with E-state index < -0.39 is 11.8 Å². The highest BCUT2D eigenvalue weighted by Crippen LogP contribution is 2.30. The number of hydrogen-bond donors (Lipinski definition) is 3. The Kier molecular flexibility index (Phi) is 5.38. The van der Waals surface area contributed by atoms with Crippen LogP contribution >= 0.6 is 0 Å². The molecule has 0 aliphatic carbocycles. The van der Waals surface area contributed by atoms with Crippen LogP contribution < -0.4 is 5.32 Å². The van der Waals surface area contributed by atoms with Gasteiger partial charge in [-0.2, -0.15) is 0 Å². The fourth-order valence-corrected chi connectivity index (χ4v) is 2.28. The molecule has 7 nitrogen and oxygen atoms in total. The molecule has 25 heavy (non-hydrogen) atoms. The number of carboxylic acid groups (broad SMARTS) is 1. The van der Waals surface area contributed by atoms with Gasteiger partial charge in [0.1, 0.15) is 18.1 Å². The fourth-order valence-electron chi connectivity index (χ4n) is 2.28. The van der Waals surface area contributed by atoms with Gasteiger partial charge in [-0.15, -0.1) is 0 Å². The van der Waals surface area contributed by atoms with Crippen LogP contribution in [0.3, 0.4) is 0 Å². The normalized spacial score (nSPS) is 10.2. The average molecular weight is 338 g/mol. The molecule has 3 N–H and O–H groups in total. The molecule has 0 bridgehead atoms. The maximum atomic E-state index is 11.7. The number of aryl methyl sites for hydroxylation is 1. The van der Waals surface area contributed by atoms with Crippen molar-refractivity contribution in [3.8, 4) is 11.1 Å². The Hall–Kier alpha value is -3.35. The zero-order valence-electron chi connectivity index (χ0n) is 14.0. The second-order valence-corrected chi connectivity index (χ2v) is 5.39. The van der Waals surface area contributed by atoms with Crippen LogP contribution in [0.2, 0.25) is 0 Å². The van der Waals surface area contributed by atoms with Gasteiger partial charge >= 0.3 is 5.97 Å². The number of carboxylic acids is 1. The molecule has 2 aromatic rings. The first kappa shape index (κ1) is 18.0. The number of carbonyl (C=O) groups excluding carboxylic acids is 1. The third-order valence-corrected chi connectivity index (χ3v) is 3.54. The van der Waals surface area contributed by atoms with Gasteiger partial charge in [0.05, 0.1) is 5.69 Å². The monoisotopic (exact) mass is 338 g/mol. The van der Waals surface area contributed by atoms with Crippen molar-refractivity contribution in [1.29, 1.82) is 5.41 Å². The maximum Gasteiger partial charge on any atom is 0.322 e. The molecular formula is C18H18N4O3. The van der Waals surface area contributed by atoms with Crippen molar-refractivity contribution in [3.63, 3.8) is 0 Å². The summed E-state index contributed by atoms with van der Waals surface area (Å²) in [5, 5.41) is 19.7. The number of nitrogens with one attached hydrogen (secondary N) is 2. The topological polar surface area (TPSA) is 116 Å². The molecule has 0 saturated heterocycles. The number of carbonyl (C=O) groups is 2. The molecule has 2 rings (SSSR count). The lowest BCUT2D eigenvalue weighted by atomic mass is 9.95. The molecule has 0 saturated carbocycles. The molecule has 0 aliphatic rings. The van der Waals surface area contributed by atoms with Gasteiger partial charge in [0.2, 0.25) is 0 Å². The molecule has 1 aromatic carbocycles. The summed E-state index contributed by atoms with van der Waals surface area (Å²) in [5.74, 6) is -0.846. The molecule has 0 aliphatic heterocycles. The van der Waals surface area contributed by atoms with E-state index in [0.717, 1.165) is 5.56 Å². The number of nitrogens with zero attached hydrogens (tertiary/aromatic N) is 2. The van der Waals surface area contributed by atoms with Crippen molar-refractivity contribution >= 4 is 29.2 Å². The van der Waals surface area contributed by atoms with Gasteiger partial charge in [0.15, 0.2) is 5.78 Å². The zero-order valence-corrected chi connectivity index (χ0v) is 14.0. The van der Waals surface area contributed by atoms with E-state index >= 15 is 0 Å². The fraction of sp³-hybridized carbons (Fsp3) is 0.167. The second-order valence-electron chi connectivity index (χ2n) is 5.39. The SMILES string of the molecule is C=Cc1cc(-c2cnc(C)nc2)cc(C(=N)C(C)=O)c1NCC(=O)O. The first-order valence-electron chi connectivity index (χ1n) is 7.48. The number of aliphatic carboxylic acids is 1. The molecular weight excluding hydrogens is 320 g/mol. The van der Waals surface area contributed by atoms with Gasteiger partial charge in [-0.1, -0.05) is 12.7 Å². The number of hydrogen-bond acceptors (Lipinski definition) is 6. The molecule has 0 amide bonds. The number of rotatable bonds is 7. The predicted molar refractivity (Wildman–Crippen MR) is 95.9 cm³/mol. The van der Waals surface area contributed by atoms with E-state index in [1.165, 1.54) is 6.92 Å². The Bertz CT molecular complexity index is 857. The lowest BCUT2D eigenvalue weighted by molar-refractivity contribution is -0.134. The number of anilines is 1. The highest BCUT2D eigenvalue weighted by molar-refractivity contribution is 6.45. The quantitative estimate of drug-likeness (QED) is 0.668. The molecule has 7 heteroatoms. The molecule has 0 fully saturated rings. The molecule has 128 valence electrons.